The van der Waals surface area contributed by atoms with Gasteiger partial charge in [-0.3, -0.25) is 5.32 Å². The lowest BCUT2D eigenvalue weighted by atomic mass is 9.82. The van der Waals surface area contributed by atoms with Crippen LogP contribution in [0.25, 0.3) is 0 Å². The molecule has 1 fully saturated rings. The zero-order valence-corrected chi connectivity index (χ0v) is 15.7. The van der Waals surface area contributed by atoms with Gasteiger partial charge in [0.15, 0.2) is 0 Å². The zero-order chi connectivity index (χ0) is 20.8. The Morgan fingerprint density at radius 2 is 1.90 bits per heavy atom. The standard InChI is InChI=1S/C20H19F3N2O4/c1-19-9-10-27-17(19)25(2)16-8-7-14(11-15(16)19)28-18(26)24-12-3-5-13(6-4-12)29-20(21,22)23/h3-8,11,17H,9-10H2,1-2H3,(H,24,26)/t17-,19-/m0/s1. The van der Waals surface area contributed by atoms with Crippen molar-refractivity contribution in [1.82, 2.24) is 0 Å². The highest BCUT2D eigenvalue weighted by atomic mass is 19.4. The Bertz CT molecular complexity index is 932. The molecule has 0 radical (unpaired) electrons. The molecule has 2 aliphatic rings. The molecule has 9 heteroatoms. The summed E-state index contributed by atoms with van der Waals surface area (Å²) in [5, 5.41) is 2.48. The van der Waals surface area contributed by atoms with Crippen molar-refractivity contribution in [2.45, 2.75) is 31.3 Å². The second-order valence-corrected chi connectivity index (χ2v) is 7.27. The highest BCUT2D eigenvalue weighted by Crippen LogP contribution is 2.51. The average molecular weight is 408 g/mol. The molecule has 2 atom stereocenters. The van der Waals surface area contributed by atoms with E-state index in [9.17, 15) is 18.0 Å². The number of ether oxygens (including phenoxy) is 3. The van der Waals surface area contributed by atoms with Crippen LogP contribution in [0.2, 0.25) is 0 Å². The Morgan fingerprint density at radius 3 is 2.59 bits per heavy atom. The number of benzene rings is 2. The van der Waals surface area contributed by atoms with Crippen molar-refractivity contribution >= 4 is 17.5 Å². The largest absolute Gasteiger partial charge is 0.573 e. The summed E-state index contributed by atoms with van der Waals surface area (Å²) in [6.07, 6.45) is -4.68. The molecule has 6 nitrogen and oxygen atoms in total. The summed E-state index contributed by atoms with van der Waals surface area (Å²) in [5.74, 6) is 0.00110. The fourth-order valence-electron chi connectivity index (χ4n) is 3.96. The summed E-state index contributed by atoms with van der Waals surface area (Å²) in [5.41, 5.74) is 2.20. The first kappa shape index (κ1) is 19.4. The second-order valence-electron chi connectivity index (χ2n) is 7.27. The minimum atomic E-state index is -4.77. The molecule has 0 aromatic heterocycles. The molecular weight excluding hydrogens is 389 g/mol. The quantitative estimate of drug-likeness (QED) is 0.801. The number of halogens is 3. The highest BCUT2D eigenvalue weighted by Gasteiger charge is 2.50. The molecule has 1 amide bonds. The van der Waals surface area contributed by atoms with Gasteiger partial charge in [-0.1, -0.05) is 6.92 Å². The first-order valence-corrected chi connectivity index (χ1v) is 8.99. The van der Waals surface area contributed by atoms with Gasteiger partial charge in [0.1, 0.15) is 17.7 Å². The van der Waals surface area contributed by atoms with Gasteiger partial charge in [0.2, 0.25) is 0 Å². The number of nitrogens with one attached hydrogen (secondary N) is 1. The van der Waals surface area contributed by atoms with Gasteiger partial charge in [0, 0.05) is 23.8 Å². The van der Waals surface area contributed by atoms with E-state index in [1.165, 1.54) is 12.1 Å². The lowest BCUT2D eigenvalue weighted by Crippen LogP contribution is -2.37. The molecule has 0 unspecified atom stereocenters. The summed E-state index contributed by atoms with van der Waals surface area (Å²) in [7, 11) is 1.97. The lowest BCUT2D eigenvalue weighted by molar-refractivity contribution is -0.274. The summed E-state index contributed by atoms with van der Waals surface area (Å²) in [6.45, 7) is 2.80. The molecule has 154 valence electrons. The number of hydrogen-bond acceptors (Lipinski definition) is 5. The maximum Gasteiger partial charge on any atom is 0.573 e. The molecule has 2 aromatic carbocycles. The second kappa shape index (κ2) is 6.84. The third-order valence-corrected chi connectivity index (χ3v) is 5.30. The molecule has 1 saturated heterocycles. The van der Waals surface area contributed by atoms with Crippen LogP contribution < -0.4 is 19.7 Å². The van der Waals surface area contributed by atoms with Crippen LogP contribution in [0.3, 0.4) is 0 Å². The number of amides is 1. The van der Waals surface area contributed by atoms with Crippen molar-refractivity contribution in [2.75, 3.05) is 23.9 Å². The Balaban J connectivity index is 1.43. The maximum absolute atomic E-state index is 12.2. The van der Waals surface area contributed by atoms with Gasteiger partial charge in [-0.15, -0.1) is 13.2 Å². The Kier molecular flexibility index (Phi) is 4.57. The van der Waals surface area contributed by atoms with Crippen LogP contribution in [0.5, 0.6) is 11.5 Å². The van der Waals surface area contributed by atoms with Gasteiger partial charge in [0.05, 0.1) is 6.61 Å². The van der Waals surface area contributed by atoms with Gasteiger partial charge in [0.25, 0.3) is 0 Å². The Hall–Kier alpha value is -2.94. The number of fused-ring (bicyclic) bond motifs is 3. The molecule has 2 aliphatic heterocycles. The Labute approximate surface area is 165 Å². The summed E-state index contributed by atoms with van der Waals surface area (Å²) < 4.78 is 51.6. The predicted molar refractivity (Wildman–Crippen MR) is 99.3 cm³/mol. The number of anilines is 2. The predicted octanol–water partition coefficient (Wildman–Crippen LogP) is 4.65. The van der Waals surface area contributed by atoms with E-state index in [0.717, 1.165) is 29.8 Å². The smallest absolute Gasteiger partial charge is 0.410 e. The highest BCUT2D eigenvalue weighted by molar-refractivity contribution is 5.86. The topological polar surface area (TPSA) is 60.0 Å². The SMILES string of the molecule is CN1c2ccc(OC(=O)Nc3ccc(OC(F)(F)F)cc3)cc2[C@]2(C)CCO[C@H]12. The number of carbonyl (C=O) groups is 1. The van der Waals surface area contributed by atoms with E-state index in [4.69, 9.17) is 9.47 Å². The molecule has 0 saturated carbocycles. The summed E-state index contributed by atoms with van der Waals surface area (Å²) in [6, 6.07) is 10.2. The van der Waals surface area contributed by atoms with Crippen LogP contribution in [0.15, 0.2) is 42.5 Å². The molecule has 2 aromatic rings. The fraction of sp³-hybridized carbons (Fsp3) is 0.350. The lowest BCUT2D eigenvalue weighted by Gasteiger charge is -2.26. The van der Waals surface area contributed by atoms with Crippen molar-refractivity contribution in [3.05, 3.63) is 48.0 Å². The zero-order valence-electron chi connectivity index (χ0n) is 15.7. The minimum Gasteiger partial charge on any atom is -0.410 e. The van der Waals surface area contributed by atoms with E-state index in [1.807, 2.05) is 19.2 Å². The van der Waals surface area contributed by atoms with Crippen LogP contribution >= 0.6 is 0 Å². The fourth-order valence-corrected chi connectivity index (χ4v) is 3.96. The monoisotopic (exact) mass is 408 g/mol. The number of likely N-dealkylation sites (N-methyl/N-ethyl adjacent to an activating group) is 1. The number of rotatable bonds is 3. The third kappa shape index (κ3) is 3.69. The molecule has 0 aliphatic carbocycles. The van der Waals surface area contributed by atoms with Gasteiger partial charge in [-0.05, 0) is 54.4 Å². The van der Waals surface area contributed by atoms with Crippen LogP contribution in [0, 0.1) is 0 Å². The van der Waals surface area contributed by atoms with E-state index in [2.05, 4.69) is 21.9 Å². The van der Waals surface area contributed by atoms with E-state index >= 15 is 0 Å². The van der Waals surface area contributed by atoms with E-state index < -0.39 is 12.5 Å². The number of carbonyl (C=O) groups excluding carboxylic acids is 1. The number of nitrogens with zero attached hydrogens (tertiary/aromatic N) is 1. The van der Waals surface area contributed by atoms with Crippen LogP contribution in [0.4, 0.5) is 29.3 Å². The van der Waals surface area contributed by atoms with Crippen molar-refractivity contribution in [2.24, 2.45) is 0 Å². The van der Waals surface area contributed by atoms with E-state index in [0.29, 0.717) is 12.4 Å². The molecule has 0 bridgehead atoms. The molecule has 0 spiro atoms. The maximum atomic E-state index is 12.2. The third-order valence-electron chi connectivity index (χ3n) is 5.30. The van der Waals surface area contributed by atoms with Crippen LogP contribution in [-0.4, -0.2) is 32.3 Å². The molecule has 1 N–H and O–H groups in total. The minimum absolute atomic E-state index is 0.0426. The van der Waals surface area contributed by atoms with Crippen LogP contribution in [0.1, 0.15) is 18.9 Å². The summed E-state index contributed by atoms with van der Waals surface area (Å²) in [4.78, 5) is 14.3. The summed E-state index contributed by atoms with van der Waals surface area (Å²) >= 11 is 0. The van der Waals surface area contributed by atoms with Gasteiger partial charge < -0.3 is 19.1 Å². The van der Waals surface area contributed by atoms with Crippen LogP contribution in [-0.2, 0) is 10.2 Å². The first-order valence-electron chi connectivity index (χ1n) is 8.99. The van der Waals surface area contributed by atoms with Crippen molar-refractivity contribution in [3.8, 4) is 11.5 Å². The van der Waals surface area contributed by atoms with Gasteiger partial charge >= 0.3 is 12.5 Å². The average Bonchev–Trinajstić information content (AvgIpc) is 3.12. The molecule has 4 rings (SSSR count). The first-order chi connectivity index (χ1) is 13.7. The number of hydrogen-bond donors (Lipinski definition) is 1. The van der Waals surface area contributed by atoms with Crippen molar-refractivity contribution in [3.63, 3.8) is 0 Å². The molecule has 29 heavy (non-hydrogen) atoms. The van der Waals surface area contributed by atoms with Gasteiger partial charge in [-0.25, -0.2) is 4.79 Å². The van der Waals surface area contributed by atoms with Gasteiger partial charge in [-0.2, -0.15) is 0 Å². The normalized spacial score (nSPS) is 22.8. The van der Waals surface area contributed by atoms with Crippen molar-refractivity contribution < 1.29 is 32.2 Å². The van der Waals surface area contributed by atoms with E-state index in [1.54, 1.807) is 6.07 Å². The Morgan fingerprint density at radius 1 is 1.21 bits per heavy atom. The van der Waals surface area contributed by atoms with Crippen molar-refractivity contribution in [1.29, 1.82) is 0 Å². The van der Waals surface area contributed by atoms with E-state index in [-0.39, 0.29) is 23.1 Å². The molecule has 2 heterocycles. The number of alkyl halides is 3. The molecular formula is C20H19F3N2O4.